The van der Waals surface area contributed by atoms with Gasteiger partial charge in [-0.2, -0.15) is 0 Å². The smallest absolute Gasteiger partial charge is 0.231 e. The van der Waals surface area contributed by atoms with E-state index < -0.39 is 5.92 Å². The number of hydrogen-bond acceptors (Lipinski definition) is 5. The number of aromatic nitrogens is 2. The SMILES string of the molecule is CN1C(=O)C[C@@H](C(=O)Nc2cc(C(C)(C)C)on2)[C@@H]1c1cccnc1. The van der Waals surface area contributed by atoms with Gasteiger partial charge in [-0.1, -0.05) is 32.0 Å². The number of anilines is 1. The van der Waals surface area contributed by atoms with Gasteiger partial charge >= 0.3 is 0 Å². The molecule has 3 heterocycles. The van der Waals surface area contributed by atoms with Crippen LogP contribution in [0.4, 0.5) is 5.82 Å². The zero-order chi connectivity index (χ0) is 18.2. The lowest BCUT2D eigenvalue weighted by Gasteiger charge is -2.24. The van der Waals surface area contributed by atoms with E-state index in [1.807, 2.05) is 26.8 Å². The van der Waals surface area contributed by atoms with E-state index in [0.29, 0.717) is 11.6 Å². The Morgan fingerprint density at radius 2 is 2.16 bits per heavy atom. The predicted molar refractivity (Wildman–Crippen MR) is 91.7 cm³/mol. The molecule has 1 fully saturated rings. The van der Waals surface area contributed by atoms with E-state index in [4.69, 9.17) is 4.52 Å². The molecule has 3 rings (SSSR count). The first-order valence-electron chi connectivity index (χ1n) is 8.21. The van der Waals surface area contributed by atoms with Gasteiger partial charge in [0, 0.05) is 37.3 Å². The lowest BCUT2D eigenvalue weighted by molar-refractivity contribution is -0.128. The molecule has 0 saturated carbocycles. The van der Waals surface area contributed by atoms with Crippen LogP contribution in [-0.2, 0) is 15.0 Å². The number of nitrogens with zero attached hydrogens (tertiary/aromatic N) is 3. The fourth-order valence-electron chi connectivity index (χ4n) is 3.02. The molecule has 2 amide bonds. The second kappa shape index (κ2) is 6.31. The molecule has 132 valence electrons. The van der Waals surface area contributed by atoms with Gasteiger partial charge in [0.1, 0.15) is 5.76 Å². The van der Waals surface area contributed by atoms with Crippen molar-refractivity contribution >= 4 is 17.6 Å². The average Bonchev–Trinajstić information content (AvgIpc) is 3.14. The molecule has 0 spiro atoms. The monoisotopic (exact) mass is 342 g/mol. The highest BCUT2D eigenvalue weighted by Crippen LogP contribution is 2.37. The van der Waals surface area contributed by atoms with E-state index in [2.05, 4.69) is 15.5 Å². The molecule has 2 aromatic rings. The van der Waals surface area contributed by atoms with Crippen LogP contribution in [0.1, 0.15) is 44.6 Å². The number of amides is 2. The first kappa shape index (κ1) is 17.1. The first-order valence-corrected chi connectivity index (χ1v) is 8.21. The van der Waals surface area contributed by atoms with Gasteiger partial charge in [0.2, 0.25) is 11.8 Å². The Morgan fingerprint density at radius 1 is 1.40 bits per heavy atom. The minimum absolute atomic E-state index is 0.0652. The zero-order valence-electron chi connectivity index (χ0n) is 14.8. The first-order chi connectivity index (χ1) is 11.8. The van der Waals surface area contributed by atoms with E-state index in [1.165, 1.54) is 0 Å². The number of hydrogen-bond donors (Lipinski definition) is 1. The maximum Gasteiger partial charge on any atom is 0.231 e. The molecule has 0 aliphatic carbocycles. The summed E-state index contributed by atoms with van der Waals surface area (Å²) in [7, 11) is 1.71. The molecule has 0 unspecified atom stereocenters. The van der Waals surface area contributed by atoms with Crippen molar-refractivity contribution in [1.29, 1.82) is 0 Å². The molecule has 7 heteroatoms. The topological polar surface area (TPSA) is 88.3 Å². The molecule has 7 nitrogen and oxygen atoms in total. The zero-order valence-corrected chi connectivity index (χ0v) is 14.8. The van der Waals surface area contributed by atoms with Crippen LogP contribution in [0.25, 0.3) is 0 Å². The number of carbonyl (C=O) groups excluding carboxylic acids is 2. The third-order valence-electron chi connectivity index (χ3n) is 4.45. The van der Waals surface area contributed by atoms with Crippen LogP contribution < -0.4 is 5.32 Å². The van der Waals surface area contributed by atoms with Crippen molar-refractivity contribution in [3.8, 4) is 0 Å². The summed E-state index contributed by atoms with van der Waals surface area (Å²) in [5.74, 6) is 0.231. The third-order valence-corrected chi connectivity index (χ3v) is 4.45. The van der Waals surface area contributed by atoms with Gasteiger partial charge in [-0.15, -0.1) is 0 Å². The van der Waals surface area contributed by atoms with Gasteiger partial charge in [0.05, 0.1) is 12.0 Å². The summed E-state index contributed by atoms with van der Waals surface area (Å²) >= 11 is 0. The second-order valence-electron chi connectivity index (χ2n) is 7.36. The van der Waals surface area contributed by atoms with Crippen molar-refractivity contribution in [3.63, 3.8) is 0 Å². The van der Waals surface area contributed by atoms with Crippen LogP contribution in [0, 0.1) is 5.92 Å². The Bertz CT molecular complexity index is 779. The van der Waals surface area contributed by atoms with Crippen molar-refractivity contribution in [2.45, 2.75) is 38.6 Å². The minimum Gasteiger partial charge on any atom is -0.359 e. The fourth-order valence-corrected chi connectivity index (χ4v) is 3.02. The van der Waals surface area contributed by atoms with Crippen LogP contribution in [0.2, 0.25) is 0 Å². The van der Waals surface area contributed by atoms with Gasteiger partial charge in [-0.3, -0.25) is 14.6 Å². The Hall–Kier alpha value is -2.70. The average molecular weight is 342 g/mol. The number of pyridine rings is 1. The number of rotatable bonds is 3. The molecule has 2 aromatic heterocycles. The highest BCUT2D eigenvalue weighted by atomic mass is 16.5. The van der Waals surface area contributed by atoms with E-state index >= 15 is 0 Å². The van der Waals surface area contributed by atoms with Gasteiger partial charge in [-0.25, -0.2) is 0 Å². The van der Waals surface area contributed by atoms with E-state index in [-0.39, 0.29) is 29.7 Å². The normalized spacial score (nSPS) is 20.8. The number of likely N-dealkylation sites (tertiary alicyclic amines) is 1. The minimum atomic E-state index is -0.503. The molecule has 1 saturated heterocycles. The van der Waals surface area contributed by atoms with Crippen LogP contribution in [0.3, 0.4) is 0 Å². The summed E-state index contributed by atoms with van der Waals surface area (Å²) < 4.78 is 5.29. The van der Waals surface area contributed by atoms with Crippen molar-refractivity contribution in [2.24, 2.45) is 5.92 Å². The van der Waals surface area contributed by atoms with E-state index in [9.17, 15) is 9.59 Å². The number of nitrogens with one attached hydrogen (secondary N) is 1. The van der Waals surface area contributed by atoms with Gasteiger partial charge in [0.15, 0.2) is 5.82 Å². The van der Waals surface area contributed by atoms with Crippen molar-refractivity contribution in [3.05, 3.63) is 41.9 Å². The summed E-state index contributed by atoms with van der Waals surface area (Å²) in [4.78, 5) is 30.6. The summed E-state index contributed by atoms with van der Waals surface area (Å²) in [5, 5.41) is 6.69. The van der Waals surface area contributed by atoms with Crippen LogP contribution in [0.15, 0.2) is 35.1 Å². The highest BCUT2D eigenvalue weighted by molar-refractivity contribution is 5.97. The number of carbonyl (C=O) groups is 2. The second-order valence-corrected chi connectivity index (χ2v) is 7.36. The summed E-state index contributed by atoms with van der Waals surface area (Å²) in [6, 6.07) is 5.06. The molecule has 25 heavy (non-hydrogen) atoms. The quantitative estimate of drug-likeness (QED) is 0.926. The summed E-state index contributed by atoms with van der Waals surface area (Å²) in [5.41, 5.74) is 0.643. The molecular weight excluding hydrogens is 320 g/mol. The van der Waals surface area contributed by atoms with Crippen molar-refractivity contribution in [1.82, 2.24) is 15.0 Å². The molecule has 2 atom stereocenters. The largest absolute Gasteiger partial charge is 0.359 e. The Balaban J connectivity index is 1.80. The van der Waals surface area contributed by atoms with Crippen LogP contribution in [0.5, 0.6) is 0 Å². The standard InChI is InChI=1S/C18H22N4O3/c1-18(2,3)13-9-14(21-25-13)20-17(24)12-8-15(23)22(4)16(12)11-6-5-7-19-10-11/h5-7,9-10,12,16H,8H2,1-4H3,(H,20,21,24)/t12-,16+/m1/s1. The van der Waals surface area contributed by atoms with Gasteiger partial charge < -0.3 is 14.7 Å². The lowest BCUT2D eigenvalue weighted by Crippen LogP contribution is -2.30. The van der Waals surface area contributed by atoms with Gasteiger partial charge in [0.25, 0.3) is 0 Å². The molecule has 1 aliphatic rings. The molecule has 0 bridgehead atoms. The predicted octanol–water partition coefficient (Wildman–Crippen LogP) is 2.53. The third kappa shape index (κ3) is 3.40. The molecule has 0 radical (unpaired) electrons. The van der Waals surface area contributed by atoms with Crippen molar-refractivity contribution in [2.75, 3.05) is 12.4 Å². The maximum absolute atomic E-state index is 12.8. The summed E-state index contributed by atoms with van der Waals surface area (Å²) in [6.45, 7) is 6.01. The molecular formula is C18H22N4O3. The van der Waals surface area contributed by atoms with Gasteiger partial charge in [-0.05, 0) is 11.6 Å². The maximum atomic E-state index is 12.8. The molecule has 1 N–H and O–H groups in total. The Labute approximate surface area is 146 Å². The van der Waals surface area contributed by atoms with Crippen molar-refractivity contribution < 1.29 is 14.1 Å². The summed E-state index contributed by atoms with van der Waals surface area (Å²) in [6.07, 6.45) is 3.51. The molecule has 1 aliphatic heterocycles. The van der Waals surface area contributed by atoms with Crippen LogP contribution in [-0.4, -0.2) is 33.9 Å². The highest BCUT2D eigenvalue weighted by Gasteiger charge is 2.43. The Morgan fingerprint density at radius 3 is 2.76 bits per heavy atom. The fraction of sp³-hybridized carbons (Fsp3) is 0.444. The van der Waals surface area contributed by atoms with E-state index in [0.717, 1.165) is 5.56 Å². The van der Waals surface area contributed by atoms with E-state index in [1.54, 1.807) is 36.5 Å². The molecule has 0 aromatic carbocycles. The Kier molecular flexibility index (Phi) is 4.32. The lowest BCUT2D eigenvalue weighted by atomic mass is 9.93. The van der Waals surface area contributed by atoms with Crippen LogP contribution >= 0.6 is 0 Å².